The van der Waals surface area contributed by atoms with Crippen LogP contribution < -0.4 is 9.62 Å². The van der Waals surface area contributed by atoms with Crippen molar-refractivity contribution in [3.8, 4) is 0 Å². The number of benzene rings is 2. The van der Waals surface area contributed by atoms with Crippen molar-refractivity contribution in [3.05, 3.63) is 65.5 Å². The molecule has 0 saturated heterocycles. The van der Waals surface area contributed by atoms with Gasteiger partial charge in [0.1, 0.15) is 18.4 Å². The smallest absolute Gasteiger partial charge is 0.244 e. The van der Waals surface area contributed by atoms with E-state index in [0.29, 0.717) is 13.0 Å². The Morgan fingerprint density at radius 2 is 1.76 bits per heavy atom. The van der Waals surface area contributed by atoms with Crippen LogP contribution in [0.2, 0.25) is 0 Å². The highest BCUT2D eigenvalue weighted by molar-refractivity contribution is 7.92. The quantitative estimate of drug-likeness (QED) is 0.521. The van der Waals surface area contributed by atoms with Gasteiger partial charge in [-0.3, -0.25) is 13.9 Å². The number of aryl methyl sites for hydroxylation is 1. The molecule has 186 valence electrons. The van der Waals surface area contributed by atoms with Gasteiger partial charge < -0.3 is 10.2 Å². The minimum Gasteiger partial charge on any atom is -0.354 e. The molecule has 0 radical (unpaired) electrons. The molecular weight excluding hydrogens is 457 g/mol. The first-order chi connectivity index (χ1) is 15.9. The van der Waals surface area contributed by atoms with Crippen LogP contribution in [0.25, 0.3) is 0 Å². The number of halogens is 1. The fourth-order valence-electron chi connectivity index (χ4n) is 3.60. The number of hydrogen-bond acceptors (Lipinski definition) is 4. The van der Waals surface area contributed by atoms with Gasteiger partial charge >= 0.3 is 0 Å². The molecule has 0 aliphatic heterocycles. The summed E-state index contributed by atoms with van der Waals surface area (Å²) < 4.78 is 40.2. The molecule has 1 atom stereocenters. The molecule has 2 aromatic carbocycles. The van der Waals surface area contributed by atoms with E-state index in [1.807, 2.05) is 45.0 Å². The van der Waals surface area contributed by atoms with Gasteiger partial charge in [-0.05, 0) is 37.0 Å². The molecule has 34 heavy (non-hydrogen) atoms. The topological polar surface area (TPSA) is 86.8 Å². The Bertz CT molecular complexity index is 1100. The van der Waals surface area contributed by atoms with E-state index in [9.17, 15) is 22.4 Å². The van der Waals surface area contributed by atoms with Crippen LogP contribution in [0, 0.1) is 18.7 Å². The Hall–Kier alpha value is -2.94. The molecule has 0 spiro atoms. The fourth-order valence-corrected chi connectivity index (χ4v) is 4.45. The van der Waals surface area contributed by atoms with Crippen molar-refractivity contribution in [2.75, 3.05) is 23.7 Å². The molecule has 0 unspecified atom stereocenters. The average molecular weight is 492 g/mol. The standard InChI is InChI=1S/C25H34FN3O4S/c1-6-22(25(31)27-15-18(2)3)28(16-20-11-9-10-19(4)14-20)24(30)17-29(34(5,32)33)23-13-8-7-12-21(23)26/h7-14,18,22H,6,15-17H2,1-5H3,(H,27,31)/t22-/m1/s1. The summed E-state index contributed by atoms with van der Waals surface area (Å²) in [6, 6.07) is 12.1. The molecule has 0 aliphatic rings. The maximum absolute atomic E-state index is 14.4. The molecule has 0 saturated carbocycles. The van der Waals surface area contributed by atoms with Crippen LogP contribution in [-0.4, -0.2) is 50.5 Å². The lowest BCUT2D eigenvalue weighted by Crippen LogP contribution is -2.52. The third kappa shape index (κ3) is 7.55. The highest BCUT2D eigenvalue weighted by Crippen LogP contribution is 2.22. The maximum Gasteiger partial charge on any atom is 0.244 e. The molecule has 2 amide bonds. The summed E-state index contributed by atoms with van der Waals surface area (Å²) in [5.74, 6) is -1.44. The van der Waals surface area contributed by atoms with Gasteiger partial charge in [-0.1, -0.05) is 62.7 Å². The summed E-state index contributed by atoms with van der Waals surface area (Å²) in [7, 11) is -3.98. The number of anilines is 1. The van der Waals surface area contributed by atoms with Crippen molar-refractivity contribution in [1.29, 1.82) is 0 Å². The highest BCUT2D eigenvalue weighted by Gasteiger charge is 2.32. The van der Waals surface area contributed by atoms with Crippen molar-refractivity contribution < 1.29 is 22.4 Å². The zero-order valence-electron chi connectivity index (χ0n) is 20.4. The van der Waals surface area contributed by atoms with Crippen LogP contribution in [0.3, 0.4) is 0 Å². The summed E-state index contributed by atoms with van der Waals surface area (Å²) in [4.78, 5) is 27.9. The number of carbonyl (C=O) groups excluding carboxylic acids is 2. The van der Waals surface area contributed by atoms with Gasteiger partial charge in [0.25, 0.3) is 0 Å². The molecule has 0 fully saturated rings. The molecular formula is C25H34FN3O4S. The van der Waals surface area contributed by atoms with E-state index < -0.39 is 34.3 Å². The maximum atomic E-state index is 14.4. The lowest BCUT2D eigenvalue weighted by molar-refractivity contribution is -0.140. The molecule has 2 rings (SSSR count). The second-order valence-electron chi connectivity index (χ2n) is 8.79. The van der Waals surface area contributed by atoms with Gasteiger partial charge in [0.15, 0.2) is 0 Å². The number of nitrogens with one attached hydrogen (secondary N) is 1. The van der Waals surface area contributed by atoms with E-state index >= 15 is 0 Å². The van der Waals surface area contributed by atoms with Crippen molar-refractivity contribution in [1.82, 2.24) is 10.2 Å². The van der Waals surface area contributed by atoms with Crippen LogP contribution in [0.15, 0.2) is 48.5 Å². The zero-order chi connectivity index (χ0) is 25.5. The van der Waals surface area contributed by atoms with Gasteiger partial charge in [-0.15, -0.1) is 0 Å². The van der Waals surface area contributed by atoms with Gasteiger partial charge in [0.05, 0.1) is 11.9 Å². The molecule has 9 heteroatoms. The molecule has 1 N–H and O–H groups in total. The third-order valence-electron chi connectivity index (χ3n) is 5.31. The molecule has 0 aromatic heterocycles. The van der Waals surface area contributed by atoms with E-state index in [1.165, 1.54) is 23.1 Å². The monoisotopic (exact) mass is 491 g/mol. The number of sulfonamides is 1. The van der Waals surface area contributed by atoms with Crippen LogP contribution in [-0.2, 0) is 26.2 Å². The number of carbonyl (C=O) groups is 2. The third-order valence-corrected chi connectivity index (χ3v) is 6.43. The zero-order valence-corrected chi connectivity index (χ0v) is 21.2. The predicted octanol–water partition coefficient (Wildman–Crippen LogP) is 3.48. The molecule has 0 aliphatic carbocycles. The SMILES string of the molecule is CC[C@H](C(=O)NCC(C)C)N(Cc1cccc(C)c1)C(=O)CN(c1ccccc1F)S(C)(=O)=O. The number of amides is 2. The van der Waals surface area contributed by atoms with Crippen LogP contribution in [0.1, 0.15) is 38.3 Å². The first kappa shape index (κ1) is 27.3. The Balaban J connectivity index is 2.43. The molecule has 2 aromatic rings. The Kier molecular flexibility index (Phi) is 9.61. The minimum absolute atomic E-state index is 0.114. The predicted molar refractivity (Wildman–Crippen MR) is 132 cm³/mol. The lowest BCUT2D eigenvalue weighted by atomic mass is 10.1. The van der Waals surface area contributed by atoms with Gasteiger partial charge in [0, 0.05) is 13.1 Å². The van der Waals surface area contributed by atoms with E-state index in [2.05, 4.69) is 5.32 Å². The number of nitrogens with zero attached hydrogens (tertiary/aromatic N) is 2. The largest absolute Gasteiger partial charge is 0.354 e. The minimum atomic E-state index is -3.98. The van der Waals surface area contributed by atoms with Gasteiger partial charge in [-0.25, -0.2) is 12.8 Å². The number of hydrogen-bond donors (Lipinski definition) is 1. The average Bonchev–Trinajstić information content (AvgIpc) is 2.75. The summed E-state index contributed by atoms with van der Waals surface area (Å²) in [6.07, 6.45) is 1.25. The summed E-state index contributed by atoms with van der Waals surface area (Å²) in [5, 5.41) is 2.87. The van der Waals surface area contributed by atoms with Crippen molar-refractivity contribution in [2.24, 2.45) is 5.92 Å². The first-order valence-corrected chi connectivity index (χ1v) is 13.1. The fraction of sp³-hybridized carbons (Fsp3) is 0.440. The normalized spacial score (nSPS) is 12.3. The molecule has 0 bridgehead atoms. The second kappa shape index (κ2) is 12.0. The summed E-state index contributed by atoms with van der Waals surface area (Å²) in [5.41, 5.74) is 1.58. The molecule has 7 nitrogen and oxygen atoms in total. The Labute approximate surface area is 202 Å². The molecule has 0 heterocycles. The van der Waals surface area contributed by atoms with Crippen LogP contribution >= 0.6 is 0 Å². The Morgan fingerprint density at radius 1 is 1.09 bits per heavy atom. The number of rotatable bonds is 11. The van der Waals surface area contributed by atoms with E-state index in [4.69, 9.17) is 0 Å². The highest BCUT2D eigenvalue weighted by atomic mass is 32.2. The van der Waals surface area contributed by atoms with Crippen molar-refractivity contribution >= 4 is 27.5 Å². The van der Waals surface area contributed by atoms with E-state index in [1.54, 1.807) is 6.92 Å². The number of para-hydroxylation sites is 1. The first-order valence-electron chi connectivity index (χ1n) is 11.3. The van der Waals surface area contributed by atoms with Gasteiger partial charge in [0.2, 0.25) is 21.8 Å². The summed E-state index contributed by atoms with van der Waals surface area (Å²) >= 11 is 0. The van der Waals surface area contributed by atoms with Crippen LogP contribution in [0.5, 0.6) is 0 Å². The van der Waals surface area contributed by atoms with Crippen molar-refractivity contribution in [3.63, 3.8) is 0 Å². The second-order valence-corrected chi connectivity index (χ2v) is 10.7. The summed E-state index contributed by atoms with van der Waals surface area (Å²) in [6.45, 7) is 7.59. The van der Waals surface area contributed by atoms with E-state index in [0.717, 1.165) is 27.8 Å². The lowest BCUT2D eigenvalue weighted by Gasteiger charge is -2.33. The van der Waals surface area contributed by atoms with Crippen molar-refractivity contribution in [2.45, 2.75) is 46.7 Å². The van der Waals surface area contributed by atoms with E-state index in [-0.39, 0.29) is 24.1 Å². The van der Waals surface area contributed by atoms with Crippen LogP contribution in [0.4, 0.5) is 10.1 Å². The van der Waals surface area contributed by atoms with Gasteiger partial charge in [-0.2, -0.15) is 0 Å². The Morgan fingerprint density at radius 3 is 2.32 bits per heavy atom.